The number of amides is 1. The van der Waals surface area contributed by atoms with E-state index in [1.807, 2.05) is 55.5 Å². The number of benzene rings is 3. The third-order valence-corrected chi connectivity index (χ3v) is 6.23. The number of carbonyl (C=O) groups is 1. The Morgan fingerprint density at radius 3 is 2.43 bits per heavy atom. The van der Waals surface area contributed by atoms with Crippen molar-refractivity contribution in [2.45, 2.75) is 52.1 Å². The number of rotatable bonds is 9. The van der Waals surface area contributed by atoms with E-state index >= 15 is 0 Å². The standard InChI is InChI=1S/C30H34N2O3/c1-5-34-28-17-22(11-16-27(28)35-20-21-9-7-6-8-10-21)19-31-32-29(33)26-18-25(26)23-12-14-24(15-13-23)30(2,3)4/h6-17,19,25-26H,5,18,20H2,1-4H3,(H,32,33)/b31-19+/t25-,26-/m1/s1. The number of nitrogens with one attached hydrogen (secondary N) is 1. The summed E-state index contributed by atoms with van der Waals surface area (Å²) in [6, 6.07) is 24.3. The summed E-state index contributed by atoms with van der Waals surface area (Å²) in [6.45, 7) is 9.54. The Kier molecular flexibility index (Phi) is 7.54. The van der Waals surface area contributed by atoms with E-state index < -0.39 is 0 Å². The van der Waals surface area contributed by atoms with Crippen LogP contribution in [0.25, 0.3) is 0 Å². The fourth-order valence-corrected chi connectivity index (χ4v) is 4.06. The van der Waals surface area contributed by atoms with Crippen LogP contribution in [0.2, 0.25) is 0 Å². The molecule has 1 amide bonds. The van der Waals surface area contributed by atoms with Crippen LogP contribution < -0.4 is 14.9 Å². The first-order valence-electron chi connectivity index (χ1n) is 12.2. The molecule has 182 valence electrons. The third-order valence-electron chi connectivity index (χ3n) is 6.23. The number of ether oxygens (including phenoxy) is 2. The van der Waals surface area contributed by atoms with Crippen LogP contribution >= 0.6 is 0 Å². The van der Waals surface area contributed by atoms with Crippen molar-refractivity contribution in [2.24, 2.45) is 11.0 Å². The Labute approximate surface area is 208 Å². The maximum atomic E-state index is 12.6. The van der Waals surface area contributed by atoms with Crippen molar-refractivity contribution >= 4 is 12.1 Å². The molecule has 1 N–H and O–H groups in total. The van der Waals surface area contributed by atoms with Gasteiger partial charge in [0.05, 0.1) is 12.8 Å². The molecule has 0 saturated heterocycles. The highest BCUT2D eigenvalue weighted by Crippen LogP contribution is 2.47. The van der Waals surface area contributed by atoms with Gasteiger partial charge in [-0.2, -0.15) is 5.10 Å². The Morgan fingerprint density at radius 1 is 1.00 bits per heavy atom. The second-order valence-electron chi connectivity index (χ2n) is 9.97. The van der Waals surface area contributed by atoms with E-state index in [1.165, 1.54) is 11.1 Å². The van der Waals surface area contributed by atoms with E-state index in [-0.39, 0.29) is 23.2 Å². The van der Waals surface area contributed by atoms with Gasteiger partial charge in [-0.1, -0.05) is 75.4 Å². The van der Waals surface area contributed by atoms with Crippen molar-refractivity contribution in [2.75, 3.05) is 6.61 Å². The lowest BCUT2D eigenvalue weighted by Gasteiger charge is -2.19. The normalized spacial score (nSPS) is 17.3. The molecule has 1 aliphatic carbocycles. The van der Waals surface area contributed by atoms with Gasteiger partial charge in [-0.3, -0.25) is 4.79 Å². The van der Waals surface area contributed by atoms with Crippen molar-refractivity contribution in [1.29, 1.82) is 0 Å². The quantitative estimate of drug-likeness (QED) is 0.298. The molecule has 0 radical (unpaired) electrons. The van der Waals surface area contributed by atoms with Crippen molar-refractivity contribution in [3.63, 3.8) is 0 Å². The predicted octanol–water partition coefficient (Wildman–Crippen LogP) is 6.22. The maximum absolute atomic E-state index is 12.6. The fourth-order valence-electron chi connectivity index (χ4n) is 4.06. The summed E-state index contributed by atoms with van der Waals surface area (Å²) in [5, 5.41) is 4.18. The minimum Gasteiger partial charge on any atom is -0.490 e. The SMILES string of the molecule is CCOc1cc(/C=N/NC(=O)[C@@H]2C[C@@H]2c2ccc(C(C)(C)C)cc2)ccc1OCc1ccccc1. The summed E-state index contributed by atoms with van der Waals surface area (Å²) in [5.74, 6) is 1.53. The molecule has 0 heterocycles. The monoisotopic (exact) mass is 470 g/mol. The zero-order chi connectivity index (χ0) is 24.8. The molecular weight excluding hydrogens is 436 g/mol. The number of hydrogen-bond acceptors (Lipinski definition) is 4. The average molecular weight is 471 g/mol. The Balaban J connectivity index is 1.32. The van der Waals surface area contributed by atoms with Crippen LogP contribution in [0, 0.1) is 5.92 Å². The molecule has 1 fully saturated rings. The van der Waals surface area contributed by atoms with Gasteiger partial charge in [0.15, 0.2) is 11.5 Å². The van der Waals surface area contributed by atoms with Crippen LogP contribution in [0.1, 0.15) is 62.3 Å². The van der Waals surface area contributed by atoms with Gasteiger partial charge in [-0.15, -0.1) is 0 Å². The van der Waals surface area contributed by atoms with Gasteiger partial charge in [0, 0.05) is 5.92 Å². The molecule has 0 unspecified atom stereocenters. The molecule has 3 aromatic rings. The molecule has 5 heteroatoms. The molecule has 1 aliphatic rings. The lowest BCUT2D eigenvalue weighted by atomic mass is 9.86. The average Bonchev–Trinajstić information content (AvgIpc) is 3.65. The molecule has 5 nitrogen and oxygen atoms in total. The molecule has 1 saturated carbocycles. The van der Waals surface area contributed by atoms with Gasteiger partial charge in [0.1, 0.15) is 6.61 Å². The Bertz CT molecular complexity index is 1160. The predicted molar refractivity (Wildman–Crippen MR) is 140 cm³/mol. The van der Waals surface area contributed by atoms with Crippen LogP contribution in [0.15, 0.2) is 77.9 Å². The molecular formula is C30H34N2O3. The number of hydrazone groups is 1. The first-order valence-corrected chi connectivity index (χ1v) is 12.2. The highest BCUT2D eigenvalue weighted by atomic mass is 16.5. The third kappa shape index (κ3) is 6.50. The van der Waals surface area contributed by atoms with Crippen LogP contribution in [0.3, 0.4) is 0 Å². The van der Waals surface area contributed by atoms with Gasteiger partial charge in [0.2, 0.25) is 5.91 Å². The molecule has 0 aromatic heterocycles. The van der Waals surface area contributed by atoms with E-state index in [0.717, 1.165) is 17.5 Å². The molecule has 0 spiro atoms. The summed E-state index contributed by atoms with van der Waals surface area (Å²) >= 11 is 0. The molecule has 0 bridgehead atoms. The summed E-state index contributed by atoms with van der Waals surface area (Å²) < 4.78 is 11.7. The summed E-state index contributed by atoms with van der Waals surface area (Å²) in [4.78, 5) is 12.6. The first-order chi connectivity index (χ1) is 16.8. The number of carbonyl (C=O) groups excluding carboxylic acids is 1. The zero-order valence-electron chi connectivity index (χ0n) is 21.0. The number of nitrogens with zero attached hydrogens (tertiary/aromatic N) is 1. The topological polar surface area (TPSA) is 59.9 Å². The Morgan fingerprint density at radius 2 is 1.74 bits per heavy atom. The number of hydrogen-bond donors (Lipinski definition) is 1. The maximum Gasteiger partial charge on any atom is 0.243 e. The smallest absolute Gasteiger partial charge is 0.243 e. The van der Waals surface area contributed by atoms with Gasteiger partial charge in [-0.25, -0.2) is 5.43 Å². The molecule has 0 aliphatic heterocycles. The summed E-state index contributed by atoms with van der Waals surface area (Å²) in [6.07, 6.45) is 2.50. The van der Waals surface area contributed by atoms with E-state index in [0.29, 0.717) is 24.7 Å². The van der Waals surface area contributed by atoms with E-state index in [1.54, 1.807) is 6.21 Å². The van der Waals surface area contributed by atoms with Gasteiger partial charge >= 0.3 is 0 Å². The largest absolute Gasteiger partial charge is 0.490 e. The van der Waals surface area contributed by atoms with E-state index in [2.05, 4.69) is 55.6 Å². The van der Waals surface area contributed by atoms with Gasteiger partial charge in [-0.05, 0) is 65.1 Å². The van der Waals surface area contributed by atoms with Crippen LogP contribution in [0.5, 0.6) is 11.5 Å². The molecule has 2 atom stereocenters. The lowest BCUT2D eigenvalue weighted by Crippen LogP contribution is -2.20. The van der Waals surface area contributed by atoms with Crippen molar-refractivity contribution in [3.05, 3.63) is 95.1 Å². The zero-order valence-corrected chi connectivity index (χ0v) is 21.0. The van der Waals surface area contributed by atoms with Crippen molar-refractivity contribution in [3.8, 4) is 11.5 Å². The summed E-state index contributed by atoms with van der Waals surface area (Å²) in [5.41, 5.74) is 7.26. The second-order valence-corrected chi connectivity index (χ2v) is 9.97. The van der Waals surface area contributed by atoms with Gasteiger partial charge < -0.3 is 9.47 Å². The van der Waals surface area contributed by atoms with Crippen LogP contribution in [-0.2, 0) is 16.8 Å². The highest BCUT2D eigenvalue weighted by Gasteiger charge is 2.44. The minimum atomic E-state index is -0.0426. The van der Waals surface area contributed by atoms with Gasteiger partial charge in [0.25, 0.3) is 0 Å². The lowest BCUT2D eigenvalue weighted by molar-refractivity contribution is -0.122. The van der Waals surface area contributed by atoms with E-state index in [9.17, 15) is 4.79 Å². The Hall–Kier alpha value is -3.60. The molecule has 4 rings (SSSR count). The second kappa shape index (κ2) is 10.8. The van der Waals surface area contributed by atoms with Crippen molar-refractivity contribution in [1.82, 2.24) is 5.43 Å². The minimum absolute atomic E-state index is 0.0274. The molecule has 3 aromatic carbocycles. The van der Waals surface area contributed by atoms with Crippen molar-refractivity contribution < 1.29 is 14.3 Å². The van der Waals surface area contributed by atoms with E-state index in [4.69, 9.17) is 9.47 Å². The van der Waals surface area contributed by atoms with Crippen LogP contribution in [-0.4, -0.2) is 18.7 Å². The fraction of sp³-hybridized carbons (Fsp3) is 0.333. The first kappa shape index (κ1) is 24.5. The summed E-state index contributed by atoms with van der Waals surface area (Å²) in [7, 11) is 0. The van der Waals surface area contributed by atoms with Crippen LogP contribution in [0.4, 0.5) is 0 Å². The molecule has 35 heavy (non-hydrogen) atoms. The highest BCUT2D eigenvalue weighted by molar-refractivity contribution is 5.86.